The second-order valence-electron chi connectivity index (χ2n) is 5.21. The van der Waals surface area contributed by atoms with Crippen LogP contribution in [0.4, 0.5) is 5.69 Å². The van der Waals surface area contributed by atoms with E-state index in [2.05, 4.69) is 0 Å². The highest BCUT2D eigenvalue weighted by Gasteiger charge is 2.21. The van der Waals surface area contributed by atoms with Gasteiger partial charge >= 0.3 is 0 Å². The number of rotatable bonds is 4. The third kappa shape index (κ3) is 3.56. The lowest BCUT2D eigenvalue weighted by molar-refractivity contribution is -0.119. The Morgan fingerprint density at radius 2 is 1.68 bits per heavy atom. The second kappa shape index (κ2) is 6.35. The number of sulfonamides is 1. The minimum atomic E-state index is -3.32. The first kappa shape index (κ1) is 16.3. The van der Waals surface area contributed by atoms with Crippen LogP contribution < -0.4 is 4.31 Å². The second-order valence-corrected chi connectivity index (χ2v) is 7.22. The van der Waals surface area contributed by atoms with Gasteiger partial charge in [0, 0.05) is 38.8 Å². The third-order valence-electron chi connectivity index (χ3n) is 3.73. The molecule has 8 heteroatoms. The molecule has 0 spiro atoms. The molecule has 0 aromatic heterocycles. The molecule has 0 N–H and O–H groups in total. The summed E-state index contributed by atoms with van der Waals surface area (Å²) in [6.07, 6.45) is 1.91. The van der Waals surface area contributed by atoms with Crippen molar-refractivity contribution in [2.75, 3.05) is 43.8 Å². The van der Waals surface area contributed by atoms with Crippen molar-refractivity contribution in [2.45, 2.75) is 0 Å². The van der Waals surface area contributed by atoms with Crippen molar-refractivity contribution < 1.29 is 18.0 Å². The van der Waals surface area contributed by atoms with Crippen LogP contribution in [-0.2, 0) is 14.8 Å². The first-order valence-corrected chi connectivity index (χ1v) is 8.70. The average molecular weight is 325 g/mol. The van der Waals surface area contributed by atoms with Crippen LogP contribution in [-0.4, -0.2) is 70.0 Å². The molecule has 1 aliphatic rings. The Bertz CT molecular complexity index is 649. The molecule has 120 valence electrons. The Morgan fingerprint density at radius 3 is 2.14 bits per heavy atom. The van der Waals surface area contributed by atoms with Crippen molar-refractivity contribution in [2.24, 2.45) is 0 Å². The van der Waals surface area contributed by atoms with Crippen molar-refractivity contribution >= 4 is 28.0 Å². The SMILES string of the molecule is CN(c1ccc(C(=O)N2CCN(C=O)CC2)cc1)S(C)(=O)=O. The molecule has 0 bridgehead atoms. The number of benzene rings is 1. The van der Waals surface area contributed by atoms with E-state index in [0.717, 1.165) is 17.0 Å². The van der Waals surface area contributed by atoms with E-state index < -0.39 is 10.0 Å². The van der Waals surface area contributed by atoms with Gasteiger partial charge in [-0.2, -0.15) is 0 Å². The molecule has 7 nitrogen and oxygen atoms in total. The van der Waals surface area contributed by atoms with Crippen molar-refractivity contribution in [3.63, 3.8) is 0 Å². The van der Waals surface area contributed by atoms with Gasteiger partial charge in [-0.15, -0.1) is 0 Å². The van der Waals surface area contributed by atoms with Crippen LogP contribution in [0.25, 0.3) is 0 Å². The zero-order chi connectivity index (χ0) is 16.3. The van der Waals surface area contributed by atoms with Crippen LogP contribution in [0, 0.1) is 0 Å². The highest BCUT2D eigenvalue weighted by Crippen LogP contribution is 2.17. The molecular formula is C14H19N3O4S. The van der Waals surface area contributed by atoms with Gasteiger partial charge in [-0.25, -0.2) is 8.42 Å². The van der Waals surface area contributed by atoms with Gasteiger partial charge in [-0.1, -0.05) is 0 Å². The highest BCUT2D eigenvalue weighted by atomic mass is 32.2. The monoisotopic (exact) mass is 325 g/mol. The molecule has 1 aromatic rings. The van der Waals surface area contributed by atoms with Gasteiger partial charge < -0.3 is 9.80 Å². The molecule has 1 fully saturated rings. The fourth-order valence-electron chi connectivity index (χ4n) is 2.22. The van der Waals surface area contributed by atoms with Crippen LogP contribution in [0.1, 0.15) is 10.4 Å². The quantitative estimate of drug-likeness (QED) is 0.730. The summed E-state index contributed by atoms with van der Waals surface area (Å²) < 4.78 is 24.1. The first-order valence-electron chi connectivity index (χ1n) is 6.85. The molecule has 1 saturated heterocycles. The molecule has 0 atom stereocenters. The predicted molar refractivity (Wildman–Crippen MR) is 83.2 cm³/mol. The van der Waals surface area contributed by atoms with E-state index in [4.69, 9.17) is 0 Å². The van der Waals surface area contributed by atoms with Crippen molar-refractivity contribution in [1.29, 1.82) is 0 Å². The summed E-state index contributed by atoms with van der Waals surface area (Å²) >= 11 is 0. The van der Waals surface area contributed by atoms with Crippen LogP contribution in [0.2, 0.25) is 0 Å². The number of piperazine rings is 1. The van der Waals surface area contributed by atoms with E-state index in [1.807, 2.05) is 0 Å². The van der Waals surface area contributed by atoms with Gasteiger partial charge in [-0.05, 0) is 24.3 Å². The zero-order valence-electron chi connectivity index (χ0n) is 12.6. The number of nitrogens with zero attached hydrogens (tertiary/aromatic N) is 3. The Balaban J connectivity index is 2.07. The summed E-state index contributed by atoms with van der Waals surface area (Å²) in [5, 5.41) is 0. The molecule has 2 rings (SSSR count). The number of carbonyl (C=O) groups excluding carboxylic acids is 2. The van der Waals surface area contributed by atoms with Gasteiger partial charge in [0.15, 0.2) is 0 Å². The van der Waals surface area contributed by atoms with Crippen LogP contribution in [0.5, 0.6) is 0 Å². The summed E-state index contributed by atoms with van der Waals surface area (Å²) in [6.45, 7) is 2.07. The standard InChI is InChI=1S/C14H19N3O4S/c1-15(22(2,20)21)13-5-3-12(4-6-13)14(19)17-9-7-16(11-18)8-10-17/h3-6,11H,7-10H2,1-2H3. The Hall–Kier alpha value is -2.09. The summed E-state index contributed by atoms with van der Waals surface area (Å²) in [5.74, 6) is -0.112. The summed E-state index contributed by atoms with van der Waals surface area (Å²) in [4.78, 5) is 26.3. The lowest BCUT2D eigenvalue weighted by Gasteiger charge is -2.32. The summed E-state index contributed by atoms with van der Waals surface area (Å²) in [6, 6.07) is 6.45. The van der Waals surface area contributed by atoms with Gasteiger partial charge in [0.25, 0.3) is 5.91 Å². The van der Waals surface area contributed by atoms with Crippen molar-refractivity contribution in [1.82, 2.24) is 9.80 Å². The minimum absolute atomic E-state index is 0.112. The van der Waals surface area contributed by atoms with E-state index in [-0.39, 0.29) is 5.91 Å². The van der Waals surface area contributed by atoms with E-state index in [9.17, 15) is 18.0 Å². The molecule has 0 unspecified atom stereocenters. The van der Waals surface area contributed by atoms with Crippen LogP contribution in [0.15, 0.2) is 24.3 Å². The smallest absolute Gasteiger partial charge is 0.253 e. The molecule has 2 amide bonds. The van der Waals surface area contributed by atoms with E-state index in [1.54, 1.807) is 34.1 Å². The third-order valence-corrected chi connectivity index (χ3v) is 4.93. The molecule has 0 saturated carbocycles. The van der Waals surface area contributed by atoms with E-state index in [1.165, 1.54) is 7.05 Å². The number of hydrogen-bond acceptors (Lipinski definition) is 4. The number of amides is 2. The topological polar surface area (TPSA) is 78.0 Å². The van der Waals surface area contributed by atoms with E-state index >= 15 is 0 Å². The highest BCUT2D eigenvalue weighted by molar-refractivity contribution is 7.92. The van der Waals surface area contributed by atoms with Crippen molar-refractivity contribution in [3.8, 4) is 0 Å². The van der Waals surface area contributed by atoms with Gasteiger partial charge in [0.1, 0.15) is 0 Å². The summed E-state index contributed by atoms with van der Waals surface area (Å²) in [7, 11) is -1.86. The molecule has 0 radical (unpaired) electrons. The fraction of sp³-hybridized carbons (Fsp3) is 0.429. The summed E-state index contributed by atoms with van der Waals surface area (Å²) in [5.41, 5.74) is 1.01. The Labute approximate surface area is 130 Å². The molecule has 0 aliphatic carbocycles. The normalized spacial score (nSPS) is 15.5. The van der Waals surface area contributed by atoms with Gasteiger partial charge in [0.05, 0.1) is 11.9 Å². The molecule has 22 heavy (non-hydrogen) atoms. The number of carbonyl (C=O) groups is 2. The first-order chi connectivity index (χ1) is 10.3. The predicted octanol–water partition coefficient (Wildman–Crippen LogP) is -0.00340. The Kier molecular flexibility index (Phi) is 4.70. The maximum absolute atomic E-state index is 12.4. The minimum Gasteiger partial charge on any atom is -0.342 e. The Morgan fingerprint density at radius 1 is 1.14 bits per heavy atom. The largest absolute Gasteiger partial charge is 0.342 e. The molecule has 1 aromatic carbocycles. The molecule has 1 heterocycles. The van der Waals surface area contributed by atoms with Gasteiger partial charge in [-0.3, -0.25) is 13.9 Å². The van der Waals surface area contributed by atoms with Crippen LogP contribution in [0.3, 0.4) is 0 Å². The zero-order valence-corrected chi connectivity index (χ0v) is 13.4. The van der Waals surface area contributed by atoms with Crippen LogP contribution >= 0.6 is 0 Å². The van der Waals surface area contributed by atoms with Crippen molar-refractivity contribution in [3.05, 3.63) is 29.8 Å². The maximum atomic E-state index is 12.4. The lowest BCUT2D eigenvalue weighted by Crippen LogP contribution is -2.48. The molecule has 1 aliphatic heterocycles. The maximum Gasteiger partial charge on any atom is 0.253 e. The fourth-order valence-corrected chi connectivity index (χ4v) is 2.72. The van der Waals surface area contributed by atoms with Gasteiger partial charge in [0.2, 0.25) is 16.4 Å². The number of anilines is 1. The van der Waals surface area contributed by atoms with E-state index in [0.29, 0.717) is 37.4 Å². The average Bonchev–Trinajstić information content (AvgIpc) is 2.53. The number of hydrogen-bond donors (Lipinski definition) is 0. The lowest BCUT2D eigenvalue weighted by atomic mass is 10.1. The molecular weight excluding hydrogens is 306 g/mol.